The summed E-state index contributed by atoms with van der Waals surface area (Å²) in [6.45, 7) is 6.63. The molecule has 1 aromatic heterocycles. The normalized spacial score (nSPS) is 12.7. The highest BCUT2D eigenvalue weighted by Gasteiger charge is 2.15. The minimum atomic E-state index is -0.0393. The predicted molar refractivity (Wildman–Crippen MR) is 81.5 cm³/mol. The minimum Gasteiger partial charge on any atom is -0.265 e. The van der Waals surface area contributed by atoms with Crippen LogP contribution in [0.1, 0.15) is 34.8 Å². The van der Waals surface area contributed by atoms with E-state index in [2.05, 4.69) is 5.10 Å². The highest BCUT2D eigenvalue weighted by molar-refractivity contribution is 6.42. The van der Waals surface area contributed by atoms with Crippen LogP contribution in [-0.4, -0.2) is 9.78 Å². The largest absolute Gasteiger partial charge is 0.265 e. The lowest BCUT2D eigenvalue weighted by Crippen LogP contribution is -2.04. The molecular formula is C14H15Cl3N2. The van der Waals surface area contributed by atoms with Crippen molar-refractivity contribution >= 4 is 34.8 Å². The van der Waals surface area contributed by atoms with E-state index in [-0.39, 0.29) is 5.38 Å². The number of nitrogens with zero attached hydrogens (tertiary/aromatic N) is 2. The van der Waals surface area contributed by atoms with E-state index < -0.39 is 0 Å². The van der Waals surface area contributed by atoms with Gasteiger partial charge in [0.05, 0.1) is 27.7 Å². The lowest BCUT2D eigenvalue weighted by molar-refractivity contribution is 0.658. The van der Waals surface area contributed by atoms with Gasteiger partial charge in [-0.1, -0.05) is 29.3 Å². The quantitative estimate of drug-likeness (QED) is 0.715. The number of alkyl halides is 1. The molecular weight excluding hydrogens is 303 g/mol. The number of aryl methyl sites for hydroxylation is 1. The second-order valence-electron chi connectivity index (χ2n) is 4.61. The average molecular weight is 318 g/mol. The maximum atomic E-state index is 6.18. The first-order valence-electron chi connectivity index (χ1n) is 6.02. The van der Waals surface area contributed by atoms with Gasteiger partial charge in [-0.3, -0.25) is 4.68 Å². The zero-order valence-corrected chi connectivity index (χ0v) is 13.3. The van der Waals surface area contributed by atoms with Crippen LogP contribution in [0.3, 0.4) is 0 Å². The molecule has 0 saturated heterocycles. The lowest BCUT2D eigenvalue weighted by Gasteiger charge is -2.07. The third-order valence-corrected chi connectivity index (χ3v) is 4.11. The average Bonchev–Trinajstić information content (AvgIpc) is 2.59. The van der Waals surface area contributed by atoms with Crippen LogP contribution in [0.2, 0.25) is 10.0 Å². The summed E-state index contributed by atoms with van der Waals surface area (Å²) in [6.07, 6.45) is 0. The SMILES string of the molecule is Cc1nn(Cc2ccc(Cl)c(Cl)c2)c(C)c1C(C)Cl. The summed E-state index contributed by atoms with van der Waals surface area (Å²) >= 11 is 18.1. The first-order valence-corrected chi connectivity index (χ1v) is 7.21. The van der Waals surface area contributed by atoms with Gasteiger partial charge in [0.1, 0.15) is 0 Å². The molecule has 0 fully saturated rings. The third-order valence-electron chi connectivity index (χ3n) is 3.15. The Morgan fingerprint density at radius 2 is 1.89 bits per heavy atom. The Labute approximate surface area is 128 Å². The molecule has 5 heteroatoms. The first kappa shape index (κ1) is 14.7. The molecule has 0 amide bonds. The molecule has 102 valence electrons. The van der Waals surface area contributed by atoms with Crippen molar-refractivity contribution in [3.8, 4) is 0 Å². The number of rotatable bonds is 3. The van der Waals surface area contributed by atoms with Gasteiger partial charge in [-0.05, 0) is 38.5 Å². The fourth-order valence-electron chi connectivity index (χ4n) is 2.25. The molecule has 1 unspecified atom stereocenters. The predicted octanol–water partition coefficient (Wildman–Crippen LogP) is 5.15. The number of halogens is 3. The van der Waals surface area contributed by atoms with Gasteiger partial charge in [-0.25, -0.2) is 0 Å². The third kappa shape index (κ3) is 3.07. The van der Waals surface area contributed by atoms with E-state index in [9.17, 15) is 0 Å². The van der Waals surface area contributed by atoms with E-state index >= 15 is 0 Å². The fraction of sp³-hybridized carbons (Fsp3) is 0.357. The summed E-state index contributed by atoms with van der Waals surface area (Å²) in [5.74, 6) is 0. The van der Waals surface area contributed by atoms with Crippen LogP contribution in [0.4, 0.5) is 0 Å². The monoisotopic (exact) mass is 316 g/mol. The molecule has 0 radical (unpaired) electrons. The Balaban J connectivity index is 2.33. The standard InChI is InChI=1S/C14H15Cl3N2/c1-8(15)14-9(2)18-19(10(14)3)7-11-4-5-12(16)13(17)6-11/h4-6,8H,7H2,1-3H3. The number of benzene rings is 1. The highest BCUT2D eigenvalue weighted by atomic mass is 35.5. The zero-order valence-electron chi connectivity index (χ0n) is 11.0. The maximum absolute atomic E-state index is 6.18. The van der Waals surface area contributed by atoms with Crippen molar-refractivity contribution in [1.82, 2.24) is 9.78 Å². The second-order valence-corrected chi connectivity index (χ2v) is 6.08. The van der Waals surface area contributed by atoms with E-state index in [0.29, 0.717) is 16.6 Å². The van der Waals surface area contributed by atoms with Gasteiger partial charge in [-0.15, -0.1) is 11.6 Å². The minimum absolute atomic E-state index is 0.0393. The molecule has 19 heavy (non-hydrogen) atoms. The Hall–Kier alpha value is -0.700. The first-order chi connectivity index (χ1) is 8.90. The summed E-state index contributed by atoms with van der Waals surface area (Å²) < 4.78 is 1.95. The molecule has 1 heterocycles. The molecule has 2 aromatic rings. The van der Waals surface area contributed by atoms with Gasteiger partial charge in [0.25, 0.3) is 0 Å². The van der Waals surface area contributed by atoms with Crippen LogP contribution in [0.15, 0.2) is 18.2 Å². The van der Waals surface area contributed by atoms with Gasteiger partial charge in [0, 0.05) is 11.3 Å². The van der Waals surface area contributed by atoms with E-state index in [1.165, 1.54) is 0 Å². The lowest BCUT2D eigenvalue weighted by atomic mass is 10.1. The van der Waals surface area contributed by atoms with Crippen molar-refractivity contribution in [3.63, 3.8) is 0 Å². The van der Waals surface area contributed by atoms with Crippen LogP contribution in [0.5, 0.6) is 0 Å². The van der Waals surface area contributed by atoms with Crippen LogP contribution < -0.4 is 0 Å². The van der Waals surface area contributed by atoms with Gasteiger partial charge in [0.15, 0.2) is 0 Å². The molecule has 0 spiro atoms. The van der Waals surface area contributed by atoms with Crippen molar-refractivity contribution in [1.29, 1.82) is 0 Å². The number of aromatic nitrogens is 2. The summed E-state index contributed by atoms with van der Waals surface area (Å²) in [5, 5.41) is 5.62. The molecule has 0 N–H and O–H groups in total. The Morgan fingerprint density at radius 1 is 1.21 bits per heavy atom. The Bertz CT molecular complexity index is 603. The summed E-state index contributed by atoms with van der Waals surface area (Å²) in [5.41, 5.74) is 4.22. The molecule has 0 bridgehead atoms. The summed E-state index contributed by atoms with van der Waals surface area (Å²) in [6, 6.07) is 5.62. The topological polar surface area (TPSA) is 17.8 Å². The van der Waals surface area contributed by atoms with Crippen LogP contribution in [0, 0.1) is 13.8 Å². The van der Waals surface area contributed by atoms with E-state index in [4.69, 9.17) is 34.8 Å². The number of hydrogen-bond acceptors (Lipinski definition) is 1. The highest BCUT2D eigenvalue weighted by Crippen LogP contribution is 2.27. The summed E-state index contributed by atoms with van der Waals surface area (Å²) in [7, 11) is 0. The molecule has 0 aliphatic heterocycles. The van der Waals surface area contributed by atoms with E-state index in [0.717, 1.165) is 22.5 Å². The van der Waals surface area contributed by atoms with Crippen molar-refractivity contribution in [3.05, 3.63) is 50.8 Å². The zero-order chi connectivity index (χ0) is 14.2. The molecule has 0 saturated carbocycles. The van der Waals surface area contributed by atoms with E-state index in [1.807, 2.05) is 37.6 Å². The van der Waals surface area contributed by atoms with Crippen molar-refractivity contribution in [2.45, 2.75) is 32.7 Å². The Morgan fingerprint density at radius 3 is 2.42 bits per heavy atom. The molecule has 2 nitrogen and oxygen atoms in total. The van der Waals surface area contributed by atoms with Crippen molar-refractivity contribution in [2.75, 3.05) is 0 Å². The number of hydrogen-bond donors (Lipinski definition) is 0. The van der Waals surface area contributed by atoms with Crippen LogP contribution in [0.25, 0.3) is 0 Å². The van der Waals surface area contributed by atoms with Gasteiger partial charge >= 0.3 is 0 Å². The molecule has 1 aromatic carbocycles. The van der Waals surface area contributed by atoms with Crippen LogP contribution >= 0.6 is 34.8 Å². The van der Waals surface area contributed by atoms with E-state index in [1.54, 1.807) is 6.07 Å². The van der Waals surface area contributed by atoms with Crippen molar-refractivity contribution < 1.29 is 0 Å². The van der Waals surface area contributed by atoms with Gasteiger partial charge in [0.2, 0.25) is 0 Å². The smallest absolute Gasteiger partial charge is 0.0663 e. The molecule has 0 aliphatic rings. The second kappa shape index (κ2) is 5.74. The Kier molecular flexibility index (Phi) is 4.44. The molecule has 2 rings (SSSR count). The molecule has 0 aliphatic carbocycles. The van der Waals surface area contributed by atoms with Gasteiger partial charge < -0.3 is 0 Å². The maximum Gasteiger partial charge on any atom is 0.0663 e. The molecule has 1 atom stereocenters. The fourth-order valence-corrected chi connectivity index (χ4v) is 2.89. The van der Waals surface area contributed by atoms with Crippen LogP contribution in [-0.2, 0) is 6.54 Å². The van der Waals surface area contributed by atoms with Gasteiger partial charge in [-0.2, -0.15) is 5.10 Å². The summed E-state index contributed by atoms with van der Waals surface area (Å²) in [4.78, 5) is 0. The van der Waals surface area contributed by atoms with Crippen molar-refractivity contribution in [2.24, 2.45) is 0 Å².